The molecule has 8 nitrogen and oxygen atoms in total. The molecule has 4 rings (SSSR count). The zero-order chi connectivity index (χ0) is 21.8. The van der Waals surface area contributed by atoms with Crippen LogP contribution in [-0.4, -0.2) is 37.0 Å². The Hall–Kier alpha value is -3.54. The van der Waals surface area contributed by atoms with Crippen molar-refractivity contribution in [3.05, 3.63) is 59.5 Å². The van der Waals surface area contributed by atoms with Gasteiger partial charge in [0.25, 0.3) is 0 Å². The molecule has 0 aliphatic rings. The molecule has 0 saturated carbocycles. The Bertz CT molecular complexity index is 1180. The molecule has 0 radical (unpaired) electrons. The molecule has 1 amide bonds. The zero-order valence-electron chi connectivity index (χ0n) is 15.8. The average molecular weight is 448 g/mol. The normalized spacial score (nSPS) is 11.6. The number of benzene rings is 1. The number of fused-ring (bicyclic) bond motifs is 1. The highest BCUT2D eigenvalue weighted by molar-refractivity contribution is 7.13. The first-order valence-corrected chi connectivity index (χ1v) is 9.96. The molecular formula is C19H15F3N6O2S. The van der Waals surface area contributed by atoms with E-state index in [0.717, 1.165) is 5.56 Å². The summed E-state index contributed by atoms with van der Waals surface area (Å²) in [6.45, 7) is 0.327. The average Bonchev–Trinajstić information content (AvgIpc) is 3.35. The standard InChI is InChI=1S/C19H15F3N6O2S/c20-19(21,22)30-13-5-3-12(4-6-13)10-28-15(25-14-2-1-9-23-17(14)28)7-8-16(29)26-18-27-24-11-31-18/h1-6,9,11H,7-8,10H2,(H,26,27,29). The highest BCUT2D eigenvalue weighted by Gasteiger charge is 2.31. The number of nitrogens with one attached hydrogen (secondary N) is 1. The second-order valence-corrected chi connectivity index (χ2v) is 7.28. The highest BCUT2D eigenvalue weighted by atomic mass is 32.1. The lowest BCUT2D eigenvalue weighted by atomic mass is 10.2. The Morgan fingerprint density at radius 2 is 2.00 bits per heavy atom. The first kappa shape index (κ1) is 20.7. The van der Waals surface area contributed by atoms with Gasteiger partial charge < -0.3 is 14.6 Å². The molecule has 12 heteroatoms. The zero-order valence-corrected chi connectivity index (χ0v) is 16.7. The fourth-order valence-electron chi connectivity index (χ4n) is 2.98. The van der Waals surface area contributed by atoms with Crippen LogP contribution in [0.5, 0.6) is 5.75 Å². The van der Waals surface area contributed by atoms with Gasteiger partial charge in [-0.15, -0.1) is 23.4 Å². The molecule has 0 saturated heterocycles. The van der Waals surface area contributed by atoms with Crippen LogP contribution in [0.2, 0.25) is 0 Å². The maximum absolute atomic E-state index is 12.4. The topological polar surface area (TPSA) is 94.8 Å². The second kappa shape index (κ2) is 8.68. The molecule has 1 aromatic carbocycles. The number of aryl methyl sites for hydroxylation is 1. The molecular weight excluding hydrogens is 433 g/mol. The van der Waals surface area contributed by atoms with E-state index in [1.54, 1.807) is 24.4 Å². The largest absolute Gasteiger partial charge is 0.573 e. The van der Waals surface area contributed by atoms with Gasteiger partial charge in [0.2, 0.25) is 11.0 Å². The highest BCUT2D eigenvalue weighted by Crippen LogP contribution is 2.24. The Labute approximate surface area is 177 Å². The van der Waals surface area contributed by atoms with Gasteiger partial charge in [0.15, 0.2) is 5.65 Å². The van der Waals surface area contributed by atoms with Crippen LogP contribution >= 0.6 is 11.3 Å². The van der Waals surface area contributed by atoms with E-state index in [4.69, 9.17) is 0 Å². The maximum Gasteiger partial charge on any atom is 0.573 e. The number of hydrogen-bond donors (Lipinski definition) is 1. The van der Waals surface area contributed by atoms with Gasteiger partial charge in [0.05, 0.1) is 6.54 Å². The van der Waals surface area contributed by atoms with Gasteiger partial charge in [-0.25, -0.2) is 9.97 Å². The number of carbonyl (C=O) groups is 1. The Balaban J connectivity index is 1.51. The summed E-state index contributed by atoms with van der Waals surface area (Å²) >= 11 is 1.22. The maximum atomic E-state index is 12.4. The predicted molar refractivity (Wildman–Crippen MR) is 107 cm³/mol. The number of anilines is 1. The number of pyridine rings is 1. The molecule has 31 heavy (non-hydrogen) atoms. The van der Waals surface area contributed by atoms with E-state index in [1.807, 2.05) is 10.6 Å². The third-order valence-corrected chi connectivity index (χ3v) is 4.87. The number of rotatable bonds is 7. The van der Waals surface area contributed by atoms with Gasteiger partial charge >= 0.3 is 6.36 Å². The van der Waals surface area contributed by atoms with Crippen molar-refractivity contribution in [3.8, 4) is 5.75 Å². The molecule has 3 aromatic heterocycles. The molecule has 0 fully saturated rings. The number of carbonyl (C=O) groups excluding carboxylic acids is 1. The molecule has 4 aromatic rings. The monoisotopic (exact) mass is 448 g/mol. The number of alkyl halides is 3. The van der Waals surface area contributed by atoms with Crippen LogP contribution in [0.3, 0.4) is 0 Å². The summed E-state index contributed by atoms with van der Waals surface area (Å²) in [5.74, 6) is 0.118. The summed E-state index contributed by atoms with van der Waals surface area (Å²) in [4.78, 5) is 21.1. The fourth-order valence-corrected chi connectivity index (χ4v) is 3.44. The van der Waals surface area contributed by atoms with E-state index in [2.05, 4.69) is 30.2 Å². The van der Waals surface area contributed by atoms with E-state index in [1.165, 1.54) is 29.0 Å². The van der Waals surface area contributed by atoms with Crippen LogP contribution < -0.4 is 10.1 Å². The van der Waals surface area contributed by atoms with E-state index in [9.17, 15) is 18.0 Å². The number of nitrogens with zero attached hydrogens (tertiary/aromatic N) is 5. The van der Waals surface area contributed by atoms with Crippen molar-refractivity contribution in [3.63, 3.8) is 0 Å². The van der Waals surface area contributed by atoms with Gasteiger partial charge in [0, 0.05) is 19.0 Å². The second-order valence-electron chi connectivity index (χ2n) is 6.44. The van der Waals surface area contributed by atoms with Crippen molar-refractivity contribution < 1.29 is 22.7 Å². The number of aromatic nitrogens is 5. The number of imidazole rings is 1. The summed E-state index contributed by atoms with van der Waals surface area (Å²) in [6.07, 6.45) is -2.60. The minimum atomic E-state index is -4.74. The molecule has 1 N–H and O–H groups in total. The van der Waals surface area contributed by atoms with Crippen LogP contribution in [0.25, 0.3) is 11.2 Å². The lowest BCUT2D eigenvalue weighted by Gasteiger charge is -2.11. The van der Waals surface area contributed by atoms with Crippen molar-refractivity contribution in [1.29, 1.82) is 0 Å². The van der Waals surface area contributed by atoms with Crippen LogP contribution in [0.1, 0.15) is 17.8 Å². The summed E-state index contributed by atoms with van der Waals surface area (Å²) in [5, 5.41) is 10.5. The van der Waals surface area contributed by atoms with Crippen molar-refractivity contribution in [1.82, 2.24) is 24.7 Å². The van der Waals surface area contributed by atoms with E-state index in [0.29, 0.717) is 35.1 Å². The van der Waals surface area contributed by atoms with Crippen LogP contribution in [0, 0.1) is 0 Å². The van der Waals surface area contributed by atoms with Gasteiger partial charge in [-0.2, -0.15) is 0 Å². The fraction of sp³-hybridized carbons (Fsp3) is 0.211. The molecule has 0 unspecified atom stereocenters. The number of halogens is 3. The minimum absolute atomic E-state index is 0.168. The van der Waals surface area contributed by atoms with Gasteiger partial charge in [-0.3, -0.25) is 4.79 Å². The van der Waals surface area contributed by atoms with Gasteiger partial charge in [-0.1, -0.05) is 23.5 Å². The summed E-state index contributed by atoms with van der Waals surface area (Å²) in [5.41, 5.74) is 3.54. The predicted octanol–water partition coefficient (Wildman–Crippen LogP) is 3.80. The Kier molecular flexibility index (Phi) is 5.80. The molecule has 160 valence electrons. The molecule has 0 spiro atoms. The third-order valence-electron chi connectivity index (χ3n) is 4.26. The van der Waals surface area contributed by atoms with Gasteiger partial charge in [0.1, 0.15) is 22.6 Å². The van der Waals surface area contributed by atoms with Crippen molar-refractivity contribution in [2.24, 2.45) is 0 Å². The van der Waals surface area contributed by atoms with E-state index < -0.39 is 6.36 Å². The number of amides is 1. The number of hydrogen-bond acceptors (Lipinski definition) is 7. The summed E-state index contributed by atoms with van der Waals surface area (Å²) in [7, 11) is 0. The molecule has 0 atom stereocenters. The van der Waals surface area contributed by atoms with Crippen LogP contribution in [0.4, 0.5) is 18.3 Å². The first-order valence-electron chi connectivity index (χ1n) is 9.08. The molecule has 0 aliphatic heterocycles. The summed E-state index contributed by atoms with van der Waals surface area (Å²) in [6, 6.07) is 9.16. The van der Waals surface area contributed by atoms with Crippen LogP contribution in [-0.2, 0) is 17.8 Å². The molecule has 0 bridgehead atoms. The third kappa shape index (κ3) is 5.34. The first-order chi connectivity index (χ1) is 14.9. The van der Waals surface area contributed by atoms with E-state index >= 15 is 0 Å². The molecule has 3 heterocycles. The van der Waals surface area contributed by atoms with Crippen molar-refractivity contribution in [2.45, 2.75) is 25.7 Å². The smallest absolute Gasteiger partial charge is 0.406 e. The molecule has 0 aliphatic carbocycles. The van der Waals surface area contributed by atoms with Crippen LogP contribution in [0.15, 0.2) is 48.1 Å². The van der Waals surface area contributed by atoms with Crippen molar-refractivity contribution >= 4 is 33.5 Å². The van der Waals surface area contributed by atoms with Gasteiger partial charge in [-0.05, 0) is 29.8 Å². The van der Waals surface area contributed by atoms with Crippen molar-refractivity contribution in [2.75, 3.05) is 5.32 Å². The SMILES string of the molecule is O=C(CCc1nc2cccnc2n1Cc1ccc(OC(F)(F)F)cc1)Nc1nncs1. The minimum Gasteiger partial charge on any atom is -0.406 e. The lowest BCUT2D eigenvalue weighted by Crippen LogP contribution is -2.17. The number of ether oxygens (including phenoxy) is 1. The quantitative estimate of drug-likeness (QED) is 0.462. The van der Waals surface area contributed by atoms with E-state index in [-0.39, 0.29) is 18.1 Å². The Morgan fingerprint density at radius 1 is 1.19 bits per heavy atom. The summed E-state index contributed by atoms with van der Waals surface area (Å²) < 4.78 is 42.8. The lowest BCUT2D eigenvalue weighted by molar-refractivity contribution is -0.274. The Morgan fingerprint density at radius 3 is 2.71 bits per heavy atom.